The number of piperazine rings is 2. The SMILES string of the molecule is CN1CCN(C(=O)c2ccc(N3CCN(C(c4ccccc4)c4ccccc4)CC3)c(NC(=O)Nc3ccccc3)c2)CC1. The van der Waals surface area contributed by atoms with Gasteiger partial charge < -0.3 is 25.3 Å². The van der Waals surface area contributed by atoms with E-state index in [9.17, 15) is 9.59 Å². The molecule has 8 nitrogen and oxygen atoms in total. The van der Waals surface area contributed by atoms with E-state index < -0.39 is 0 Å². The summed E-state index contributed by atoms with van der Waals surface area (Å²) in [6.45, 7) is 6.38. The normalized spacial score (nSPS) is 16.1. The van der Waals surface area contributed by atoms with Crippen LogP contribution in [0.3, 0.4) is 0 Å². The van der Waals surface area contributed by atoms with Gasteiger partial charge in [0.25, 0.3) is 5.91 Å². The van der Waals surface area contributed by atoms with E-state index in [1.165, 1.54) is 11.1 Å². The van der Waals surface area contributed by atoms with Crippen LogP contribution in [0.15, 0.2) is 109 Å². The summed E-state index contributed by atoms with van der Waals surface area (Å²) >= 11 is 0. The van der Waals surface area contributed by atoms with Gasteiger partial charge in [-0.1, -0.05) is 78.9 Å². The minimum absolute atomic E-state index is 0.00505. The second-order valence-electron chi connectivity index (χ2n) is 11.5. The predicted octanol–water partition coefficient (Wildman–Crippen LogP) is 5.63. The summed E-state index contributed by atoms with van der Waals surface area (Å²) < 4.78 is 0. The average Bonchev–Trinajstić information content (AvgIpc) is 3.07. The Labute approximate surface area is 259 Å². The zero-order chi connectivity index (χ0) is 30.3. The van der Waals surface area contributed by atoms with Crippen molar-refractivity contribution >= 4 is 29.0 Å². The Hall–Kier alpha value is -4.66. The van der Waals surface area contributed by atoms with E-state index >= 15 is 0 Å². The number of likely N-dealkylation sites (N-methyl/N-ethyl adjacent to an activating group) is 1. The average molecular weight is 589 g/mol. The fourth-order valence-electron chi connectivity index (χ4n) is 6.15. The number of anilines is 3. The minimum atomic E-state index is -0.339. The van der Waals surface area contributed by atoms with E-state index in [1.54, 1.807) is 0 Å². The van der Waals surface area contributed by atoms with Crippen molar-refractivity contribution in [2.24, 2.45) is 0 Å². The molecule has 0 atom stereocenters. The monoisotopic (exact) mass is 588 g/mol. The lowest BCUT2D eigenvalue weighted by molar-refractivity contribution is 0.0664. The molecule has 6 rings (SSSR count). The third-order valence-corrected chi connectivity index (χ3v) is 8.56. The second kappa shape index (κ2) is 13.8. The molecule has 0 radical (unpaired) electrons. The molecule has 0 bridgehead atoms. The Morgan fingerprint density at radius 2 is 1.20 bits per heavy atom. The topological polar surface area (TPSA) is 71.2 Å². The van der Waals surface area contributed by atoms with Gasteiger partial charge in [-0.3, -0.25) is 9.69 Å². The van der Waals surface area contributed by atoms with Gasteiger partial charge in [0.1, 0.15) is 0 Å². The second-order valence-corrected chi connectivity index (χ2v) is 11.5. The van der Waals surface area contributed by atoms with Gasteiger partial charge in [-0.05, 0) is 48.5 Å². The van der Waals surface area contributed by atoms with E-state index in [0.29, 0.717) is 30.0 Å². The van der Waals surface area contributed by atoms with Crippen molar-refractivity contribution in [3.05, 3.63) is 126 Å². The lowest BCUT2D eigenvalue weighted by Crippen LogP contribution is -2.48. The van der Waals surface area contributed by atoms with Crippen LogP contribution in [0.1, 0.15) is 27.5 Å². The first-order chi connectivity index (χ1) is 21.5. The number of rotatable bonds is 7. The van der Waals surface area contributed by atoms with Gasteiger partial charge in [0, 0.05) is 63.6 Å². The molecule has 2 heterocycles. The lowest BCUT2D eigenvalue weighted by atomic mass is 9.96. The van der Waals surface area contributed by atoms with Crippen LogP contribution >= 0.6 is 0 Å². The van der Waals surface area contributed by atoms with E-state index in [4.69, 9.17) is 0 Å². The summed E-state index contributed by atoms with van der Waals surface area (Å²) in [6.07, 6.45) is 0. The Morgan fingerprint density at radius 1 is 0.636 bits per heavy atom. The van der Waals surface area contributed by atoms with Crippen LogP contribution in [0.4, 0.5) is 21.9 Å². The Balaban J connectivity index is 1.23. The van der Waals surface area contributed by atoms with Gasteiger partial charge in [0.05, 0.1) is 17.4 Å². The lowest BCUT2D eigenvalue weighted by Gasteiger charge is -2.41. The molecule has 0 spiro atoms. The molecule has 0 aromatic heterocycles. The summed E-state index contributed by atoms with van der Waals surface area (Å²) in [5.41, 5.74) is 5.39. The maximum absolute atomic E-state index is 13.5. The predicted molar refractivity (Wildman–Crippen MR) is 177 cm³/mol. The summed E-state index contributed by atoms with van der Waals surface area (Å²) in [5.74, 6) is -0.00505. The van der Waals surface area contributed by atoms with Gasteiger partial charge in [-0.2, -0.15) is 0 Å². The molecule has 3 amide bonds. The quantitative estimate of drug-likeness (QED) is 0.293. The number of hydrogen-bond acceptors (Lipinski definition) is 5. The third kappa shape index (κ3) is 6.93. The van der Waals surface area contributed by atoms with E-state index in [0.717, 1.165) is 45.0 Å². The first-order valence-corrected chi connectivity index (χ1v) is 15.4. The molecule has 44 heavy (non-hydrogen) atoms. The van der Waals surface area contributed by atoms with Crippen LogP contribution in [0, 0.1) is 0 Å². The fraction of sp³-hybridized carbons (Fsp3) is 0.278. The number of urea groups is 1. The van der Waals surface area contributed by atoms with Gasteiger partial charge in [-0.15, -0.1) is 0 Å². The van der Waals surface area contributed by atoms with Crippen LogP contribution in [0.5, 0.6) is 0 Å². The number of benzene rings is 4. The maximum atomic E-state index is 13.5. The molecule has 2 N–H and O–H groups in total. The first kappa shape index (κ1) is 29.4. The zero-order valence-electron chi connectivity index (χ0n) is 25.2. The minimum Gasteiger partial charge on any atom is -0.367 e. The number of nitrogens with one attached hydrogen (secondary N) is 2. The summed E-state index contributed by atoms with van der Waals surface area (Å²) in [4.78, 5) is 35.6. The van der Waals surface area contributed by atoms with Crippen molar-refractivity contribution in [3.63, 3.8) is 0 Å². The molecule has 0 aliphatic carbocycles. The molecule has 2 saturated heterocycles. The molecule has 0 saturated carbocycles. The van der Waals surface area contributed by atoms with Crippen molar-refractivity contribution in [1.29, 1.82) is 0 Å². The number of carbonyl (C=O) groups is 2. The van der Waals surface area contributed by atoms with Crippen molar-refractivity contribution in [1.82, 2.24) is 14.7 Å². The maximum Gasteiger partial charge on any atom is 0.323 e. The van der Waals surface area contributed by atoms with Crippen molar-refractivity contribution < 1.29 is 9.59 Å². The van der Waals surface area contributed by atoms with Gasteiger partial charge in [0.15, 0.2) is 0 Å². The number of hydrogen-bond donors (Lipinski definition) is 2. The molecule has 8 heteroatoms. The molecule has 4 aromatic carbocycles. The number of carbonyl (C=O) groups excluding carboxylic acids is 2. The Morgan fingerprint density at radius 3 is 1.80 bits per heavy atom. The molecular weight excluding hydrogens is 548 g/mol. The number of para-hydroxylation sites is 1. The van der Waals surface area contributed by atoms with E-state index in [2.05, 4.69) is 93.0 Å². The van der Waals surface area contributed by atoms with Gasteiger partial charge in [0.2, 0.25) is 0 Å². The van der Waals surface area contributed by atoms with Crippen LogP contribution in [-0.2, 0) is 0 Å². The van der Waals surface area contributed by atoms with Crippen molar-refractivity contribution in [2.75, 3.05) is 74.9 Å². The van der Waals surface area contributed by atoms with Crippen molar-refractivity contribution in [3.8, 4) is 0 Å². The standard InChI is InChI=1S/C36H40N6O2/c1-39-19-21-42(22-20-39)35(43)30-17-18-33(32(27-30)38-36(44)37-31-15-9-4-10-16-31)40-23-25-41(26-24-40)34(28-11-5-2-6-12-28)29-13-7-3-8-14-29/h2-18,27,34H,19-26H2,1H3,(H2,37,38,44). The number of amides is 3. The van der Waals surface area contributed by atoms with Crippen LogP contribution in [0.25, 0.3) is 0 Å². The van der Waals surface area contributed by atoms with Gasteiger partial charge >= 0.3 is 6.03 Å². The molecule has 2 aliphatic rings. The highest BCUT2D eigenvalue weighted by molar-refractivity contribution is 6.04. The largest absolute Gasteiger partial charge is 0.367 e. The van der Waals surface area contributed by atoms with Crippen LogP contribution < -0.4 is 15.5 Å². The molecule has 0 unspecified atom stereocenters. The molecular formula is C36H40N6O2. The van der Waals surface area contributed by atoms with Gasteiger partial charge in [-0.25, -0.2) is 4.79 Å². The van der Waals surface area contributed by atoms with Crippen molar-refractivity contribution in [2.45, 2.75) is 6.04 Å². The Kier molecular flexibility index (Phi) is 9.20. The summed E-state index contributed by atoms with van der Waals surface area (Å²) in [7, 11) is 2.08. The summed E-state index contributed by atoms with van der Waals surface area (Å²) in [5, 5.41) is 5.98. The third-order valence-electron chi connectivity index (χ3n) is 8.56. The van der Waals surface area contributed by atoms with E-state index in [-0.39, 0.29) is 18.0 Å². The number of nitrogens with zero attached hydrogens (tertiary/aromatic N) is 4. The smallest absolute Gasteiger partial charge is 0.323 e. The Bertz CT molecular complexity index is 1490. The fourth-order valence-corrected chi connectivity index (χ4v) is 6.15. The highest BCUT2D eigenvalue weighted by Crippen LogP contribution is 2.33. The van der Waals surface area contributed by atoms with Crippen LogP contribution in [0.2, 0.25) is 0 Å². The van der Waals surface area contributed by atoms with Crippen LogP contribution in [-0.4, -0.2) is 86.0 Å². The molecule has 2 aliphatic heterocycles. The molecule has 226 valence electrons. The molecule has 4 aromatic rings. The summed E-state index contributed by atoms with van der Waals surface area (Å²) in [6, 6.07) is 36.3. The highest BCUT2D eigenvalue weighted by atomic mass is 16.2. The highest BCUT2D eigenvalue weighted by Gasteiger charge is 2.28. The van der Waals surface area contributed by atoms with E-state index in [1.807, 2.05) is 53.4 Å². The first-order valence-electron chi connectivity index (χ1n) is 15.4. The zero-order valence-corrected chi connectivity index (χ0v) is 25.2. The molecule has 2 fully saturated rings.